The third-order valence-electron chi connectivity index (χ3n) is 2.54. The number of hydrogen-bond donors (Lipinski definition) is 1. The third kappa shape index (κ3) is 3.24. The average molecular weight is 273 g/mol. The van der Waals surface area contributed by atoms with E-state index in [0.717, 1.165) is 0 Å². The van der Waals surface area contributed by atoms with E-state index in [2.05, 4.69) is 10.1 Å². The summed E-state index contributed by atoms with van der Waals surface area (Å²) in [4.78, 5) is 11.0. The van der Waals surface area contributed by atoms with E-state index < -0.39 is 18.8 Å². The van der Waals surface area contributed by atoms with Crippen LogP contribution in [-0.4, -0.2) is 25.9 Å². The first kappa shape index (κ1) is 13.4. The number of rotatable bonds is 5. The number of nitrogens with one attached hydrogen (secondary N) is 1. The number of alkyl carbamates (subject to hydrolysis) is 1. The number of carbonyl (C=O) groups is 1. The van der Waals surface area contributed by atoms with Gasteiger partial charge in [-0.1, -0.05) is 6.07 Å². The minimum Gasteiger partial charge on any atom is -0.490 e. The Morgan fingerprint density at radius 2 is 2.26 bits per heavy atom. The van der Waals surface area contributed by atoms with E-state index >= 15 is 0 Å². The van der Waals surface area contributed by atoms with Crippen LogP contribution in [0, 0.1) is 0 Å². The number of hydrogen-bond acceptors (Lipinski definition) is 4. The molecule has 2 rings (SSSR count). The molecule has 0 radical (unpaired) electrons. The summed E-state index contributed by atoms with van der Waals surface area (Å²) < 4.78 is 39.1. The fourth-order valence-corrected chi connectivity index (χ4v) is 1.76. The normalized spacial score (nSPS) is 18.1. The van der Waals surface area contributed by atoms with Gasteiger partial charge in [0.1, 0.15) is 6.10 Å². The highest BCUT2D eigenvalue weighted by Crippen LogP contribution is 2.33. The molecule has 1 aromatic carbocycles. The molecule has 19 heavy (non-hydrogen) atoms. The number of amides is 1. The largest absolute Gasteiger partial charge is 0.490 e. The van der Waals surface area contributed by atoms with Crippen molar-refractivity contribution in [1.29, 1.82) is 0 Å². The molecule has 1 saturated heterocycles. The van der Waals surface area contributed by atoms with E-state index in [0.29, 0.717) is 18.7 Å². The average Bonchev–Trinajstić information content (AvgIpc) is 2.78. The van der Waals surface area contributed by atoms with Gasteiger partial charge in [-0.2, -0.15) is 8.78 Å². The highest BCUT2D eigenvalue weighted by atomic mass is 19.3. The maximum Gasteiger partial charge on any atom is 0.407 e. The van der Waals surface area contributed by atoms with Crippen molar-refractivity contribution in [2.24, 2.45) is 0 Å². The number of cyclic esters (lactones) is 1. The van der Waals surface area contributed by atoms with E-state index in [9.17, 15) is 13.6 Å². The van der Waals surface area contributed by atoms with Crippen LogP contribution in [0.15, 0.2) is 18.2 Å². The zero-order chi connectivity index (χ0) is 13.8. The van der Waals surface area contributed by atoms with Crippen molar-refractivity contribution in [1.82, 2.24) is 5.32 Å². The molecule has 0 saturated carbocycles. The molecule has 7 heteroatoms. The van der Waals surface area contributed by atoms with Gasteiger partial charge in [-0.3, -0.25) is 0 Å². The molecule has 104 valence electrons. The Morgan fingerprint density at radius 1 is 1.47 bits per heavy atom. The van der Waals surface area contributed by atoms with Gasteiger partial charge < -0.3 is 19.5 Å². The van der Waals surface area contributed by atoms with E-state index in [-0.39, 0.29) is 11.5 Å². The number of ether oxygens (including phenoxy) is 3. The lowest BCUT2D eigenvalue weighted by Gasteiger charge is -2.14. The molecule has 1 aromatic rings. The molecule has 1 heterocycles. The molecule has 0 bridgehead atoms. The van der Waals surface area contributed by atoms with Crippen molar-refractivity contribution in [3.8, 4) is 11.5 Å². The number of halogens is 2. The van der Waals surface area contributed by atoms with Crippen LogP contribution in [0.2, 0.25) is 0 Å². The van der Waals surface area contributed by atoms with Crippen LogP contribution < -0.4 is 14.8 Å². The molecule has 0 aromatic heterocycles. The zero-order valence-electron chi connectivity index (χ0n) is 10.2. The molecule has 1 unspecified atom stereocenters. The van der Waals surface area contributed by atoms with Crippen molar-refractivity contribution in [3.63, 3.8) is 0 Å². The monoisotopic (exact) mass is 273 g/mol. The Kier molecular flexibility index (Phi) is 4.03. The van der Waals surface area contributed by atoms with Gasteiger partial charge in [-0.05, 0) is 24.6 Å². The Hall–Kier alpha value is -2.05. The third-order valence-corrected chi connectivity index (χ3v) is 2.54. The lowest BCUT2D eigenvalue weighted by Crippen LogP contribution is -2.12. The molecule has 1 aliphatic heterocycles. The number of alkyl halides is 2. The van der Waals surface area contributed by atoms with Crippen molar-refractivity contribution >= 4 is 6.09 Å². The van der Waals surface area contributed by atoms with Crippen molar-refractivity contribution in [3.05, 3.63) is 23.8 Å². The van der Waals surface area contributed by atoms with Crippen LogP contribution in [-0.2, 0) is 4.74 Å². The SMILES string of the molecule is CCOc1cc(C2CNC(=O)O2)ccc1OC(F)F. The summed E-state index contributed by atoms with van der Waals surface area (Å²) in [5, 5.41) is 2.51. The standard InChI is InChI=1S/C12H13F2NO4/c1-2-17-9-5-7(10-6-15-12(16)19-10)3-4-8(9)18-11(13)14/h3-5,10-11H,2,6H2,1H3,(H,15,16). The summed E-state index contributed by atoms with van der Waals surface area (Å²) in [6.45, 7) is -0.544. The molecule has 1 N–H and O–H groups in total. The van der Waals surface area contributed by atoms with Crippen molar-refractivity contribution in [2.75, 3.05) is 13.2 Å². The second-order valence-electron chi connectivity index (χ2n) is 3.79. The summed E-state index contributed by atoms with van der Waals surface area (Å²) in [6, 6.07) is 4.47. The predicted molar refractivity (Wildman–Crippen MR) is 61.5 cm³/mol. The lowest BCUT2D eigenvalue weighted by atomic mass is 10.1. The minimum atomic E-state index is -2.92. The highest BCUT2D eigenvalue weighted by Gasteiger charge is 2.25. The van der Waals surface area contributed by atoms with Gasteiger partial charge in [-0.25, -0.2) is 4.79 Å². The van der Waals surface area contributed by atoms with Crippen molar-refractivity contribution < 1.29 is 27.8 Å². The Bertz CT molecular complexity index is 467. The molecule has 0 aliphatic carbocycles. The molecule has 1 atom stereocenters. The van der Waals surface area contributed by atoms with Crippen LogP contribution in [0.3, 0.4) is 0 Å². The van der Waals surface area contributed by atoms with E-state index in [4.69, 9.17) is 9.47 Å². The topological polar surface area (TPSA) is 56.8 Å². The first-order chi connectivity index (χ1) is 9.10. The van der Waals surface area contributed by atoms with Crippen LogP contribution in [0.1, 0.15) is 18.6 Å². The fourth-order valence-electron chi connectivity index (χ4n) is 1.76. The molecule has 1 amide bonds. The summed E-state index contributed by atoms with van der Waals surface area (Å²) in [5.74, 6) is 0.154. The maximum atomic E-state index is 12.2. The number of carbonyl (C=O) groups excluding carboxylic acids is 1. The van der Waals surface area contributed by atoms with Gasteiger partial charge in [0.2, 0.25) is 0 Å². The van der Waals surface area contributed by atoms with Gasteiger partial charge in [0, 0.05) is 0 Å². The van der Waals surface area contributed by atoms with Gasteiger partial charge in [-0.15, -0.1) is 0 Å². The Morgan fingerprint density at radius 3 is 2.84 bits per heavy atom. The van der Waals surface area contributed by atoms with Gasteiger partial charge in [0.05, 0.1) is 13.2 Å². The van der Waals surface area contributed by atoms with Crippen molar-refractivity contribution in [2.45, 2.75) is 19.6 Å². The summed E-state index contributed by atoms with van der Waals surface area (Å²) in [6.07, 6.45) is -0.955. The van der Waals surface area contributed by atoms with E-state index in [1.165, 1.54) is 12.1 Å². The summed E-state index contributed by atoms with van der Waals surface area (Å²) in [7, 11) is 0. The van der Waals surface area contributed by atoms with Gasteiger partial charge in [0.25, 0.3) is 0 Å². The van der Waals surface area contributed by atoms with Gasteiger partial charge >= 0.3 is 12.7 Å². The van der Waals surface area contributed by atoms with Crippen LogP contribution in [0.4, 0.5) is 13.6 Å². The van der Waals surface area contributed by atoms with E-state index in [1.54, 1.807) is 13.0 Å². The van der Waals surface area contributed by atoms with Crippen LogP contribution in [0.25, 0.3) is 0 Å². The second-order valence-corrected chi connectivity index (χ2v) is 3.79. The Balaban J connectivity index is 2.22. The first-order valence-corrected chi connectivity index (χ1v) is 5.76. The summed E-state index contributed by atoms with van der Waals surface area (Å²) >= 11 is 0. The van der Waals surface area contributed by atoms with E-state index in [1.807, 2.05) is 0 Å². The molecular formula is C12H13F2NO4. The highest BCUT2D eigenvalue weighted by molar-refractivity contribution is 5.69. The minimum absolute atomic E-state index is 0.0436. The fraction of sp³-hybridized carbons (Fsp3) is 0.417. The number of benzene rings is 1. The van der Waals surface area contributed by atoms with Crippen LogP contribution in [0.5, 0.6) is 11.5 Å². The van der Waals surface area contributed by atoms with Crippen LogP contribution >= 0.6 is 0 Å². The summed E-state index contributed by atoms with van der Waals surface area (Å²) in [5.41, 5.74) is 0.656. The zero-order valence-corrected chi connectivity index (χ0v) is 10.2. The second kappa shape index (κ2) is 5.73. The Labute approximate surface area is 108 Å². The lowest BCUT2D eigenvalue weighted by molar-refractivity contribution is -0.0514. The molecule has 1 fully saturated rings. The maximum absolute atomic E-state index is 12.2. The first-order valence-electron chi connectivity index (χ1n) is 5.76. The van der Waals surface area contributed by atoms with Gasteiger partial charge in [0.15, 0.2) is 11.5 Å². The predicted octanol–water partition coefficient (Wildman–Crippen LogP) is 2.47. The smallest absolute Gasteiger partial charge is 0.407 e. The molecular weight excluding hydrogens is 260 g/mol. The molecule has 0 spiro atoms. The molecule has 5 nitrogen and oxygen atoms in total. The molecule has 1 aliphatic rings. The quantitative estimate of drug-likeness (QED) is 0.895.